The van der Waals surface area contributed by atoms with Gasteiger partial charge in [0.2, 0.25) is 0 Å². The molecular weight excluding hydrogens is 392 g/mol. The molecule has 0 N–H and O–H groups in total. The van der Waals surface area contributed by atoms with Gasteiger partial charge in [-0.05, 0) is 51.5 Å². The monoisotopic (exact) mass is 422 g/mol. The Morgan fingerprint density at radius 3 is 2.58 bits per heavy atom. The molecule has 6 heteroatoms. The summed E-state index contributed by atoms with van der Waals surface area (Å²) in [5, 5.41) is 7.98. The van der Waals surface area contributed by atoms with Gasteiger partial charge in [-0.3, -0.25) is 4.79 Å². The Kier molecular flexibility index (Phi) is 6.97. The van der Waals surface area contributed by atoms with Crippen LogP contribution in [0.1, 0.15) is 57.2 Å². The van der Waals surface area contributed by atoms with Crippen LogP contribution < -0.4 is 4.74 Å². The van der Waals surface area contributed by atoms with E-state index in [1.54, 1.807) is 20.3 Å². The van der Waals surface area contributed by atoms with Crippen molar-refractivity contribution < 1.29 is 19.0 Å². The lowest BCUT2D eigenvalue weighted by Gasteiger charge is -2.41. The predicted molar refractivity (Wildman–Crippen MR) is 118 cm³/mol. The van der Waals surface area contributed by atoms with Gasteiger partial charge in [0.1, 0.15) is 22.6 Å². The molecule has 1 aliphatic carbocycles. The molecule has 1 aromatic carbocycles. The molecule has 6 nitrogen and oxygen atoms in total. The highest BCUT2D eigenvalue weighted by atomic mass is 16.6. The van der Waals surface area contributed by atoms with Crippen LogP contribution in [0.15, 0.2) is 42.6 Å². The quantitative estimate of drug-likeness (QED) is 0.545. The molecule has 1 fully saturated rings. The lowest BCUT2D eigenvalue weighted by molar-refractivity contribution is -0.163. The van der Waals surface area contributed by atoms with Gasteiger partial charge < -0.3 is 14.2 Å². The number of aromatic nitrogens is 2. The first-order valence-corrected chi connectivity index (χ1v) is 10.5. The molecule has 2 aromatic rings. The molecule has 0 saturated heterocycles. The molecule has 0 radical (unpaired) electrons. The van der Waals surface area contributed by atoms with E-state index in [0.717, 1.165) is 5.56 Å². The summed E-state index contributed by atoms with van der Waals surface area (Å²) in [4.78, 5) is 13.0. The van der Waals surface area contributed by atoms with Crippen LogP contribution in [0.25, 0.3) is 0 Å². The Bertz CT molecular complexity index is 959. The Morgan fingerprint density at radius 2 is 1.94 bits per heavy atom. The zero-order valence-electron chi connectivity index (χ0n) is 18.8. The molecular formula is C25H30N2O4. The van der Waals surface area contributed by atoms with E-state index < -0.39 is 11.2 Å². The summed E-state index contributed by atoms with van der Waals surface area (Å²) in [5.41, 5.74) is 0.381. The number of rotatable bonds is 4. The van der Waals surface area contributed by atoms with Crippen molar-refractivity contribution in [2.24, 2.45) is 5.92 Å². The molecule has 164 valence electrons. The van der Waals surface area contributed by atoms with Crippen LogP contribution in [-0.4, -0.2) is 41.6 Å². The number of carbonyl (C=O) groups excluding carboxylic acids is 1. The fourth-order valence-electron chi connectivity index (χ4n) is 3.95. The van der Waals surface area contributed by atoms with Crippen LogP contribution >= 0.6 is 0 Å². The van der Waals surface area contributed by atoms with Crippen LogP contribution in [-0.2, 0) is 14.3 Å². The number of hydrogen-bond acceptors (Lipinski definition) is 6. The normalized spacial score (nSPS) is 23.4. The van der Waals surface area contributed by atoms with Crippen molar-refractivity contribution in [3.05, 3.63) is 53.9 Å². The number of esters is 1. The zero-order chi connectivity index (χ0) is 22.5. The highest BCUT2D eigenvalue weighted by Gasteiger charge is 2.45. The van der Waals surface area contributed by atoms with Crippen molar-refractivity contribution in [2.45, 2.75) is 57.2 Å². The van der Waals surface area contributed by atoms with E-state index in [4.69, 9.17) is 14.2 Å². The van der Waals surface area contributed by atoms with Crippen molar-refractivity contribution in [3.63, 3.8) is 0 Å². The Labute approximate surface area is 184 Å². The summed E-state index contributed by atoms with van der Waals surface area (Å²) in [6.45, 7) is 5.68. The smallest absolute Gasteiger partial charge is 0.310 e. The van der Waals surface area contributed by atoms with Gasteiger partial charge in [0.05, 0.1) is 19.2 Å². The predicted octanol–water partition coefficient (Wildman–Crippen LogP) is 4.15. The number of carbonyl (C=O) groups is 1. The lowest BCUT2D eigenvalue weighted by atomic mass is 9.69. The first-order chi connectivity index (χ1) is 14.8. The van der Waals surface area contributed by atoms with Crippen LogP contribution in [0.4, 0.5) is 0 Å². The van der Waals surface area contributed by atoms with Gasteiger partial charge in [-0.25, -0.2) is 0 Å². The zero-order valence-corrected chi connectivity index (χ0v) is 18.8. The van der Waals surface area contributed by atoms with E-state index in [1.807, 2.05) is 39.0 Å². The van der Waals surface area contributed by atoms with E-state index in [-0.39, 0.29) is 17.8 Å². The molecule has 1 heterocycles. The third kappa shape index (κ3) is 5.83. The van der Waals surface area contributed by atoms with Crippen LogP contribution in [0, 0.1) is 17.8 Å². The molecule has 0 bridgehead atoms. The lowest BCUT2D eigenvalue weighted by Crippen LogP contribution is -2.43. The third-order valence-corrected chi connectivity index (χ3v) is 5.51. The van der Waals surface area contributed by atoms with Crippen LogP contribution in [0.2, 0.25) is 0 Å². The molecule has 3 atom stereocenters. The van der Waals surface area contributed by atoms with Crippen molar-refractivity contribution in [2.75, 3.05) is 14.2 Å². The fraction of sp³-hybridized carbons (Fsp3) is 0.480. The van der Waals surface area contributed by atoms with Crippen molar-refractivity contribution >= 4 is 5.97 Å². The Balaban J connectivity index is 1.91. The van der Waals surface area contributed by atoms with Gasteiger partial charge in [0.25, 0.3) is 0 Å². The average Bonchev–Trinajstić information content (AvgIpc) is 2.77. The maximum absolute atomic E-state index is 13.0. The highest BCUT2D eigenvalue weighted by molar-refractivity contribution is 5.74. The number of ether oxygens (including phenoxy) is 3. The molecule has 0 aliphatic heterocycles. The summed E-state index contributed by atoms with van der Waals surface area (Å²) in [6, 6.07) is 11.8. The summed E-state index contributed by atoms with van der Waals surface area (Å²) in [5.74, 6) is 6.49. The second kappa shape index (κ2) is 9.49. The number of benzene rings is 1. The first-order valence-electron chi connectivity index (χ1n) is 10.5. The van der Waals surface area contributed by atoms with Crippen molar-refractivity contribution in [1.29, 1.82) is 0 Å². The van der Waals surface area contributed by atoms with E-state index >= 15 is 0 Å². The minimum Gasteiger partial charge on any atom is -0.495 e. The largest absolute Gasteiger partial charge is 0.495 e. The summed E-state index contributed by atoms with van der Waals surface area (Å²) < 4.78 is 16.9. The van der Waals surface area contributed by atoms with Gasteiger partial charge in [-0.2, -0.15) is 5.10 Å². The van der Waals surface area contributed by atoms with Crippen LogP contribution in [0.3, 0.4) is 0 Å². The third-order valence-electron chi connectivity index (χ3n) is 5.51. The van der Waals surface area contributed by atoms with Gasteiger partial charge >= 0.3 is 5.97 Å². The molecule has 0 spiro atoms. The second-order valence-corrected chi connectivity index (χ2v) is 8.83. The Morgan fingerprint density at radius 1 is 1.19 bits per heavy atom. The van der Waals surface area contributed by atoms with E-state index in [0.29, 0.717) is 30.7 Å². The topological polar surface area (TPSA) is 70.5 Å². The van der Waals surface area contributed by atoms with Gasteiger partial charge in [0, 0.05) is 19.1 Å². The van der Waals surface area contributed by atoms with Crippen LogP contribution in [0.5, 0.6) is 5.75 Å². The number of nitrogens with zero attached hydrogens (tertiary/aromatic N) is 2. The van der Waals surface area contributed by atoms with Gasteiger partial charge in [-0.15, -0.1) is 5.10 Å². The molecule has 1 saturated carbocycles. The fourth-order valence-corrected chi connectivity index (χ4v) is 3.95. The maximum atomic E-state index is 13.0. The Hall–Kier alpha value is -2.91. The van der Waals surface area contributed by atoms with Crippen molar-refractivity contribution in [3.8, 4) is 17.6 Å². The first kappa shape index (κ1) is 22.8. The molecule has 1 aromatic heterocycles. The standard InChI is InChI=1S/C25H30N2O4/c1-24(2,3)31-23(28)21-12-14-25(30-5,16-22(21)18-9-7-6-8-10-18)13-11-19-15-20(29-4)17-26-27-19/h6-10,15,17,21-22H,12,14,16H2,1-5H3/t21-,22+,25?/m1/s1. The summed E-state index contributed by atoms with van der Waals surface area (Å²) in [6.07, 6.45) is 3.37. The molecule has 3 rings (SSSR count). The van der Waals surface area contributed by atoms with Gasteiger partial charge in [0.15, 0.2) is 0 Å². The van der Waals surface area contributed by atoms with Gasteiger partial charge in [-0.1, -0.05) is 36.3 Å². The maximum Gasteiger partial charge on any atom is 0.310 e. The molecule has 0 amide bonds. The van der Waals surface area contributed by atoms with E-state index in [9.17, 15) is 4.79 Å². The minimum atomic E-state index is -0.691. The van der Waals surface area contributed by atoms with Crippen molar-refractivity contribution in [1.82, 2.24) is 10.2 Å². The number of methoxy groups -OCH3 is 2. The average molecular weight is 423 g/mol. The summed E-state index contributed by atoms with van der Waals surface area (Å²) >= 11 is 0. The SMILES string of the molecule is COc1cnnc(C#CC2(OC)CC[C@@H](C(=O)OC(C)(C)C)[C@H](c3ccccc3)C2)c1. The molecule has 1 unspecified atom stereocenters. The number of hydrogen-bond donors (Lipinski definition) is 0. The highest BCUT2D eigenvalue weighted by Crippen LogP contribution is 2.45. The second-order valence-electron chi connectivity index (χ2n) is 8.83. The molecule has 1 aliphatic rings. The van der Waals surface area contributed by atoms with E-state index in [1.165, 1.54) is 6.20 Å². The molecule has 31 heavy (non-hydrogen) atoms. The summed E-state index contributed by atoms with van der Waals surface area (Å²) in [7, 11) is 3.25. The minimum absolute atomic E-state index is 0.0598. The van der Waals surface area contributed by atoms with E-state index in [2.05, 4.69) is 34.2 Å².